The number of aromatic nitrogens is 2. The maximum Gasteiger partial charge on any atom is 0.238 e. The van der Waals surface area contributed by atoms with Crippen molar-refractivity contribution in [1.29, 1.82) is 0 Å². The van der Waals surface area contributed by atoms with Gasteiger partial charge in [0.05, 0.1) is 36.2 Å². The largest absolute Gasteiger partial charge is 0.373 e. The van der Waals surface area contributed by atoms with Crippen LogP contribution in [0.4, 0.5) is 5.69 Å². The summed E-state index contributed by atoms with van der Waals surface area (Å²) >= 11 is 1.15. The zero-order valence-corrected chi connectivity index (χ0v) is 12.9. The molecule has 1 aliphatic heterocycles. The number of fused-ring (bicyclic) bond motifs is 1. The number of anilines is 1. The lowest BCUT2D eigenvalue weighted by molar-refractivity contribution is -0.121. The summed E-state index contributed by atoms with van der Waals surface area (Å²) < 4.78 is 14.1. The standard InChI is InChI=1S/C14H18N4O2S/c1-9-6-18(7-10(2)20-9)8-13(19)15-11-4-3-5-12-14(11)17-21-16-12/h3-5,9-10H,6-8H2,1-2H3,(H,15,19). The third-order valence-electron chi connectivity index (χ3n) is 3.42. The van der Waals surface area contributed by atoms with Crippen molar-refractivity contribution in [2.45, 2.75) is 26.1 Å². The van der Waals surface area contributed by atoms with Gasteiger partial charge in [-0.3, -0.25) is 9.69 Å². The topological polar surface area (TPSA) is 67.4 Å². The van der Waals surface area contributed by atoms with Gasteiger partial charge in [-0.05, 0) is 26.0 Å². The molecule has 7 heteroatoms. The normalized spacial score (nSPS) is 23.3. The minimum Gasteiger partial charge on any atom is -0.373 e. The number of nitrogens with zero attached hydrogens (tertiary/aromatic N) is 3. The fourth-order valence-electron chi connectivity index (χ4n) is 2.71. The van der Waals surface area contributed by atoms with Crippen LogP contribution >= 0.6 is 11.7 Å². The van der Waals surface area contributed by atoms with E-state index in [4.69, 9.17) is 4.74 Å². The first-order chi connectivity index (χ1) is 10.1. The van der Waals surface area contributed by atoms with Gasteiger partial charge in [-0.2, -0.15) is 8.75 Å². The molecule has 2 atom stereocenters. The van der Waals surface area contributed by atoms with E-state index in [-0.39, 0.29) is 18.1 Å². The highest BCUT2D eigenvalue weighted by molar-refractivity contribution is 7.00. The number of hydrogen-bond donors (Lipinski definition) is 1. The van der Waals surface area contributed by atoms with Crippen LogP contribution in [0.25, 0.3) is 11.0 Å². The SMILES string of the molecule is CC1CN(CC(=O)Nc2cccc3nsnc23)CC(C)O1. The lowest BCUT2D eigenvalue weighted by atomic mass is 10.2. The second kappa shape index (κ2) is 6.05. The lowest BCUT2D eigenvalue weighted by Crippen LogP contribution is -2.48. The van der Waals surface area contributed by atoms with Crippen LogP contribution in [0.5, 0.6) is 0 Å². The Morgan fingerprint density at radius 3 is 2.90 bits per heavy atom. The second-order valence-electron chi connectivity index (χ2n) is 5.44. The zero-order valence-electron chi connectivity index (χ0n) is 12.1. The number of morpholine rings is 1. The van der Waals surface area contributed by atoms with Crippen molar-refractivity contribution in [3.8, 4) is 0 Å². The highest BCUT2D eigenvalue weighted by Gasteiger charge is 2.23. The third kappa shape index (κ3) is 3.37. The Morgan fingerprint density at radius 1 is 1.38 bits per heavy atom. The van der Waals surface area contributed by atoms with Gasteiger partial charge in [0.25, 0.3) is 0 Å². The number of hydrogen-bond acceptors (Lipinski definition) is 6. The van der Waals surface area contributed by atoms with E-state index in [0.717, 1.165) is 41.5 Å². The maximum absolute atomic E-state index is 12.2. The van der Waals surface area contributed by atoms with Crippen LogP contribution in [-0.4, -0.2) is 51.4 Å². The molecule has 6 nitrogen and oxygen atoms in total. The Kier molecular flexibility index (Phi) is 4.14. The van der Waals surface area contributed by atoms with Crippen LogP contribution in [0.3, 0.4) is 0 Å². The van der Waals surface area contributed by atoms with Gasteiger partial charge in [-0.1, -0.05) is 6.07 Å². The van der Waals surface area contributed by atoms with Crippen molar-refractivity contribution in [3.05, 3.63) is 18.2 Å². The van der Waals surface area contributed by atoms with Crippen LogP contribution < -0.4 is 5.32 Å². The van der Waals surface area contributed by atoms with Crippen molar-refractivity contribution in [1.82, 2.24) is 13.6 Å². The van der Waals surface area contributed by atoms with E-state index in [1.54, 1.807) is 0 Å². The summed E-state index contributed by atoms with van der Waals surface area (Å²) in [5.74, 6) is -0.0307. The quantitative estimate of drug-likeness (QED) is 0.935. The molecule has 1 saturated heterocycles. The van der Waals surface area contributed by atoms with E-state index in [1.807, 2.05) is 32.0 Å². The number of carbonyl (C=O) groups excluding carboxylic acids is 1. The molecule has 0 aliphatic carbocycles. The Bertz CT molecular complexity index is 635. The molecule has 0 bridgehead atoms. The maximum atomic E-state index is 12.2. The Hall–Kier alpha value is -1.57. The van der Waals surface area contributed by atoms with Gasteiger partial charge in [-0.25, -0.2) is 0 Å². The fraction of sp³-hybridized carbons (Fsp3) is 0.500. The second-order valence-corrected chi connectivity index (χ2v) is 5.97. The van der Waals surface area contributed by atoms with Crippen molar-refractivity contribution >= 4 is 34.4 Å². The van der Waals surface area contributed by atoms with Crippen LogP contribution in [0.1, 0.15) is 13.8 Å². The molecule has 1 fully saturated rings. The summed E-state index contributed by atoms with van der Waals surface area (Å²) in [5, 5.41) is 2.93. The van der Waals surface area contributed by atoms with Crippen molar-refractivity contribution in [2.75, 3.05) is 25.0 Å². The van der Waals surface area contributed by atoms with Crippen molar-refractivity contribution in [3.63, 3.8) is 0 Å². The molecule has 21 heavy (non-hydrogen) atoms. The predicted octanol–water partition coefficient (Wildman–Crippen LogP) is 1.74. The predicted molar refractivity (Wildman–Crippen MR) is 82.5 cm³/mol. The van der Waals surface area contributed by atoms with Crippen LogP contribution in [0.2, 0.25) is 0 Å². The summed E-state index contributed by atoms with van der Waals surface area (Å²) in [7, 11) is 0. The first kappa shape index (κ1) is 14.4. The van der Waals surface area contributed by atoms with Gasteiger partial charge < -0.3 is 10.1 Å². The van der Waals surface area contributed by atoms with E-state index >= 15 is 0 Å². The number of nitrogens with one attached hydrogen (secondary N) is 1. The highest BCUT2D eigenvalue weighted by Crippen LogP contribution is 2.21. The lowest BCUT2D eigenvalue weighted by Gasteiger charge is -2.34. The Morgan fingerprint density at radius 2 is 2.14 bits per heavy atom. The van der Waals surface area contributed by atoms with E-state index in [2.05, 4.69) is 19.0 Å². The molecule has 2 heterocycles. The van der Waals surface area contributed by atoms with Crippen molar-refractivity contribution in [2.24, 2.45) is 0 Å². The number of ether oxygens (including phenoxy) is 1. The number of carbonyl (C=O) groups is 1. The summed E-state index contributed by atoms with van der Waals surface area (Å²) in [6.07, 6.45) is 0.320. The van der Waals surface area contributed by atoms with E-state index < -0.39 is 0 Å². The van der Waals surface area contributed by atoms with Crippen LogP contribution in [0.15, 0.2) is 18.2 Å². The zero-order chi connectivity index (χ0) is 14.8. The van der Waals surface area contributed by atoms with Gasteiger partial charge in [-0.15, -0.1) is 0 Å². The van der Waals surface area contributed by atoms with Crippen molar-refractivity contribution < 1.29 is 9.53 Å². The molecule has 0 radical (unpaired) electrons. The average Bonchev–Trinajstić information content (AvgIpc) is 2.86. The molecular weight excluding hydrogens is 288 g/mol. The summed E-state index contributed by atoms with van der Waals surface area (Å²) in [5.41, 5.74) is 2.28. The number of benzene rings is 1. The molecule has 3 rings (SSSR count). The first-order valence-electron chi connectivity index (χ1n) is 7.01. The smallest absolute Gasteiger partial charge is 0.238 e. The summed E-state index contributed by atoms with van der Waals surface area (Å²) in [6, 6.07) is 5.62. The van der Waals surface area contributed by atoms with Crippen LogP contribution in [0, 0.1) is 0 Å². The van der Waals surface area contributed by atoms with Gasteiger partial charge in [0.15, 0.2) is 0 Å². The summed E-state index contributed by atoms with van der Waals surface area (Å²) in [4.78, 5) is 14.3. The minimum atomic E-state index is -0.0307. The first-order valence-corrected chi connectivity index (χ1v) is 7.74. The highest BCUT2D eigenvalue weighted by atomic mass is 32.1. The molecule has 0 spiro atoms. The molecule has 1 N–H and O–H groups in total. The molecule has 1 aromatic carbocycles. The Labute approximate surface area is 127 Å². The molecule has 1 amide bonds. The molecule has 112 valence electrons. The number of amides is 1. The van der Waals surface area contributed by atoms with E-state index in [0.29, 0.717) is 6.54 Å². The molecule has 1 aromatic heterocycles. The molecule has 0 saturated carbocycles. The fourth-order valence-corrected chi connectivity index (χ4v) is 3.26. The molecule has 2 unspecified atom stereocenters. The number of rotatable bonds is 3. The Balaban J connectivity index is 1.65. The van der Waals surface area contributed by atoms with Crippen LogP contribution in [-0.2, 0) is 9.53 Å². The third-order valence-corrected chi connectivity index (χ3v) is 3.97. The van der Waals surface area contributed by atoms with Gasteiger partial charge in [0.1, 0.15) is 11.0 Å². The van der Waals surface area contributed by atoms with Gasteiger partial charge in [0, 0.05) is 13.1 Å². The summed E-state index contributed by atoms with van der Waals surface area (Å²) in [6.45, 7) is 5.98. The van der Waals surface area contributed by atoms with E-state index in [1.165, 1.54) is 0 Å². The van der Waals surface area contributed by atoms with Gasteiger partial charge in [0.2, 0.25) is 5.91 Å². The molecular formula is C14H18N4O2S. The van der Waals surface area contributed by atoms with Gasteiger partial charge >= 0.3 is 0 Å². The van der Waals surface area contributed by atoms with E-state index in [9.17, 15) is 4.79 Å². The average molecular weight is 306 g/mol. The molecule has 1 aliphatic rings. The minimum absolute atomic E-state index is 0.0307. The monoisotopic (exact) mass is 306 g/mol. The molecule has 2 aromatic rings.